The van der Waals surface area contributed by atoms with Crippen LogP contribution in [0.2, 0.25) is 5.02 Å². The second-order valence-electron chi connectivity index (χ2n) is 6.40. The first-order valence-electron chi connectivity index (χ1n) is 9.49. The number of anilines is 2. The Bertz CT molecular complexity index is 1160. The number of aromatic nitrogens is 1. The first-order valence-corrected chi connectivity index (χ1v) is 9.87. The first-order chi connectivity index (χ1) is 16.1. The minimum absolute atomic E-state index is 0.0525. The molecule has 1 aromatic heterocycles. The predicted octanol–water partition coefficient (Wildman–Crippen LogP) is 5.34. The van der Waals surface area contributed by atoms with Crippen LogP contribution in [0.1, 0.15) is 16.1 Å². The molecule has 0 aliphatic rings. The molecule has 2 aromatic carbocycles. The molecule has 0 spiro atoms. The molecular formula is C22H19ClF4N4O3. The van der Waals surface area contributed by atoms with Crippen LogP contribution in [0, 0.1) is 5.82 Å². The van der Waals surface area contributed by atoms with Gasteiger partial charge in [-0.25, -0.2) is 4.39 Å². The zero-order valence-corrected chi connectivity index (χ0v) is 18.6. The van der Waals surface area contributed by atoms with Crippen molar-refractivity contribution in [3.8, 4) is 11.5 Å². The average molecular weight is 499 g/mol. The predicted molar refractivity (Wildman–Crippen MR) is 120 cm³/mol. The van der Waals surface area contributed by atoms with Crippen molar-refractivity contribution in [1.82, 2.24) is 10.3 Å². The van der Waals surface area contributed by atoms with Gasteiger partial charge in [-0.2, -0.15) is 13.2 Å². The van der Waals surface area contributed by atoms with Crippen molar-refractivity contribution >= 4 is 35.3 Å². The highest BCUT2D eigenvalue weighted by atomic mass is 35.5. The molecule has 180 valence electrons. The van der Waals surface area contributed by atoms with E-state index in [2.05, 4.69) is 20.9 Å². The summed E-state index contributed by atoms with van der Waals surface area (Å²) in [7, 11) is 3.15. The lowest BCUT2D eigenvalue weighted by atomic mass is 10.2. The Morgan fingerprint density at radius 1 is 1.06 bits per heavy atom. The summed E-state index contributed by atoms with van der Waals surface area (Å²) >= 11 is 5.34. The molecule has 2 amide bonds. The highest BCUT2D eigenvalue weighted by Crippen LogP contribution is 2.36. The molecular weight excluding hydrogens is 480 g/mol. The van der Waals surface area contributed by atoms with E-state index in [0.717, 1.165) is 12.1 Å². The zero-order valence-electron chi connectivity index (χ0n) is 17.8. The van der Waals surface area contributed by atoms with Gasteiger partial charge in [0.05, 0.1) is 16.3 Å². The van der Waals surface area contributed by atoms with Gasteiger partial charge in [-0.15, -0.1) is 0 Å². The maximum absolute atomic E-state index is 13.6. The second-order valence-corrected chi connectivity index (χ2v) is 6.81. The molecule has 0 unspecified atom stereocenters. The van der Waals surface area contributed by atoms with Gasteiger partial charge in [-0.3, -0.25) is 14.6 Å². The van der Waals surface area contributed by atoms with Crippen molar-refractivity contribution < 1.29 is 31.9 Å². The highest BCUT2D eigenvalue weighted by molar-refractivity contribution is 6.31. The molecule has 0 bridgehead atoms. The molecule has 0 atom stereocenters. The van der Waals surface area contributed by atoms with Crippen molar-refractivity contribution in [2.45, 2.75) is 6.18 Å². The first kappa shape index (κ1) is 26.4. The molecule has 0 saturated carbocycles. The van der Waals surface area contributed by atoms with E-state index >= 15 is 0 Å². The van der Waals surface area contributed by atoms with Crippen LogP contribution in [0.25, 0.3) is 0 Å². The van der Waals surface area contributed by atoms with Crippen LogP contribution < -0.4 is 20.7 Å². The second kappa shape index (κ2) is 11.8. The number of pyridine rings is 1. The molecule has 0 saturated heterocycles. The van der Waals surface area contributed by atoms with E-state index in [9.17, 15) is 27.2 Å². The Kier molecular flexibility index (Phi) is 9.19. The van der Waals surface area contributed by atoms with Crippen LogP contribution in [0.5, 0.6) is 11.5 Å². The van der Waals surface area contributed by atoms with E-state index in [1.165, 1.54) is 31.4 Å². The Hall–Kier alpha value is -3.86. The molecule has 0 aliphatic heterocycles. The van der Waals surface area contributed by atoms with Crippen LogP contribution in [0.4, 0.5) is 28.9 Å². The number of halogens is 5. The van der Waals surface area contributed by atoms with Gasteiger partial charge in [0.25, 0.3) is 5.91 Å². The SMILES string of the molecule is CNC(=O)c1cc(Oc2ccc(NC)c(F)c2)ccn1.O=CNc1ccc(Cl)c(C(F)(F)F)c1. The quantitative estimate of drug-likeness (QED) is 0.315. The molecule has 3 N–H and O–H groups in total. The smallest absolute Gasteiger partial charge is 0.417 e. The number of amides is 2. The minimum atomic E-state index is -4.52. The van der Waals surface area contributed by atoms with Crippen LogP contribution in [0.15, 0.2) is 54.7 Å². The lowest BCUT2D eigenvalue weighted by molar-refractivity contribution is -0.137. The molecule has 34 heavy (non-hydrogen) atoms. The molecule has 0 fully saturated rings. The van der Waals surface area contributed by atoms with Crippen molar-refractivity contribution in [3.05, 3.63) is 76.8 Å². The molecule has 12 heteroatoms. The van der Waals surface area contributed by atoms with Gasteiger partial charge < -0.3 is 20.7 Å². The topological polar surface area (TPSA) is 92.3 Å². The molecule has 0 aliphatic carbocycles. The maximum atomic E-state index is 13.6. The molecule has 3 rings (SSSR count). The van der Waals surface area contributed by atoms with E-state index in [1.807, 2.05) is 0 Å². The number of carbonyl (C=O) groups excluding carboxylic acids is 2. The van der Waals surface area contributed by atoms with Gasteiger partial charge in [0.2, 0.25) is 6.41 Å². The number of hydrogen-bond acceptors (Lipinski definition) is 5. The summed E-state index contributed by atoms with van der Waals surface area (Å²) in [5, 5.41) is 6.91. The van der Waals surface area contributed by atoms with Crippen LogP contribution in [-0.2, 0) is 11.0 Å². The third-order valence-electron chi connectivity index (χ3n) is 4.13. The Labute approximate surface area is 197 Å². The van der Waals surface area contributed by atoms with Gasteiger partial charge in [-0.1, -0.05) is 11.6 Å². The third kappa shape index (κ3) is 7.34. The van der Waals surface area contributed by atoms with E-state index in [0.29, 0.717) is 23.6 Å². The van der Waals surface area contributed by atoms with Crippen molar-refractivity contribution in [2.75, 3.05) is 24.7 Å². The fourth-order valence-corrected chi connectivity index (χ4v) is 2.75. The number of benzene rings is 2. The van der Waals surface area contributed by atoms with E-state index in [1.54, 1.807) is 25.2 Å². The van der Waals surface area contributed by atoms with Crippen molar-refractivity contribution in [3.63, 3.8) is 0 Å². The number of ether oxygens (including phenoxy) is 1. The van der Waals surface area contributed by atoms with Crippen LogP contribution in [-0.4, -0.2) is 31.4 Å². The third-order valence-corrected chi connectivity index (χ3v) is 4.46. The fourth-order valence-electron chi connectivity index (χ4n) is 2.53. The monoisotopic (exact) mass is 498 g/mol. The van der Waals surface area contributed by atoms with Crippen LogP contribution >= 0.6 is 11.6 Å². The molecule has 3 aromatic rings. The Morgan fingerprint density at radius 3 is 2.35 bits per heavy atom. The molecule has 1 heterocycles. The largest absolute Gasteiger partial charge is 0.457 e. The van der Waals surface area contributed by atoms with Gasteiger partial charge >= 0.3 is 6.18 Å². The number of hydrogen-bond donors (Lipinski definition) is 3. The molecule has 0 radical (unpaired) electrons. The minimum Gasteiger partial charge on any atom is -0.457 e. The summed E-state index contributed by atoms with van der Waals surface area (Å²) < 4.78 is 55.9. The number of alkyl halides is 3. The fraction of sp³-hybridized carbons (Fsp3) is 0.136. The normalized spacial score (nSPS) is 10.4. The van der Waals surface area contributed by atoms with E-state index < -0.39 is 22.6 Å². The van der Waals surface area contributed by atoms with Gasteiger partial charge in [0.1, 0.15) is 23.0 Å². The standard InChI is InChI=1S/C14H14FN3O2.C8H5ClF3NO/c1-16-12-4-3-9(7-11(12)15)20-10-5-6-18-13(8-10)14(19)17-2;9-7-2-1-5(13-4-14)3-6(7)8(10,11)12/h3-8,16H,1-2H3,(H,17,19);1-4H,(H,13,14). The van der Waals surface area contributed by atoms with Gasteiger partial charge in [-0.05, 0) is 36.4 Å². The number of rotatable bonds is 6. The Morgan fingerprint density at radius 2 is 1.76 bits per heavy atom. The highest BCUT2D eigenvalue weighted by Gasteiger charge is 2.33. The summed E-state index contributed by atoms with van der Waals surface area (Å²) in [6, 6.07) is 10.7. The van der Waals surface area contributed by atoms with Crippen LogP contribution in [0.3, 0.4) is 0 Å². The van der Waals surface area contributed by atoms with E-state index in [-0.39, 0.29) is 17.3 Å². The Balaban J connectivity index is 0.000000257. The lowest BCUT2D eigenvalue weighted by Gasteiger charge is -2.09. The van der Waals surface area contributed by atoms with E-state index in [4.69, 9.17) is 16.3 Å². The van der Waals surface area contributed by atoms with Gasteiger partial charge in [0, 0.05) is 38.1 Å². The van der Waals surface area contributed by atoms with Crippen molar-refractivity contribution in [2.24, 2.45) is 0 Å². The number of carbonyl (C=O) groups is 2. The number of nitrogens with one attached hydrogen (secondary N) is 3. The van der Waals surface area contributed by atoms with Crippen molar-refractivity contribution in [1.29, 1.82) is 0 Å². The summed E-state index contributed by atoms with van der Waals surface area (Å²) in [5.41, 5.74) is -0.293. The van der Waals surface area contributed by atoms with Gasteiger partial charge in [0.15, 0.2) is 0 Å². The summed E-state index contributed by atoms with van der Waals surface area (Å²) in [5.74, 6) is 0.0310. The summed E-state index contributed by atoms with van der Waals surface area (Å²) in [6.07, 6.45) is -2.76. The molecule has 7 nitrogen and oxygen atoms in total. The maximum Gasteiger partial charge on any atom is 0.417 e. The summed E-state index contributed by atoms with van der Waals surface area (Å²) in [6.45, 7) is 0. The average Bonchev–Trinajstić information content (AvgIpc) is 2.80. The summed E-state index contributed by atoms with van der Waals surface area (Å²) in [4.78, 5) is 25.4. The zero-order chi connectivity index (χ0) is 25.3. The number of nitrogens with zero attached hydrogens (tertiary/aromatic N) is 1. The lowest BCUT2D eigenvalue weighted by Crippen LogP contribution is -2.18.